The Morgan fingerprint density at radius 1 is 1.35 bits per heavy atom. The molecule has 0 unspecified atom stereocenters. The van der Waals surface area contributed by atoms with Gasteiger partial charge in [-0.1, -0.05) is 12.6 Å². The summed E-state index contributed by atoms with van der Waals surface area (Å²) in [6, 6.07) is 8.01. The molecule has 0 saturated heterocycles. The minimum atomic E-state index is -0.316. The van der Waals surface area contributed by atoms with Crippen LogP contribution in [0.4, 0.5) is 0 Å². The molecule has 5 heteroatoms. The summed E-state index contributed by atoms with van der Waals surface area (Å²) in [7, 11) is 1.50. The lowest BCUT2D eigenvalue weighted by Crippen LogP contribution is -2.04. The van der Waals surface area contributed by atoms with E-state index in [4.69, 9.17) is 13.9 Å². The van der Waals surface area contributed by atoms with Gasteiger partial charge in [-0.25, -0.2) is 0 Å². The van der Waals surface area contributed by atoms with Crippen molar-refractivity contribution in [3.63, 3.8) is 0 Å². The molecule has 0 atom stereocenters. The van der Waals surface area contributed by atoms with E-state index in [0.29, 0.717) is 29.1 Å². The van der Waals surface area contributed by atoms with Gasteiger partial charge in [0.1, 0.15) is 29.1 Å². The van der Waals surface area contributed by atoms with E-state index >= 15 is 0 Å². The van der Waals surface area contributed by atoms with E-state index in [1.807, 2.05) is 6.92 Å². The third-order valence-electron chi connectivity index (χ3n) is 3.42. The van der Waals surface area contributed by atoms with Crippen molar-refractivity contribution in [1.29, 1.82) is 0 Å². The summed E-state index contributed by atoms with van der Waals surface area (Å²) >= 11 is 0. The molecule has 0 spiro atoms. The average Bonchev–Trinajstić information content (AvgIpc) is 2.52. The van der Waals surface area contributed by atoms with Gasteiger partial charge in [0.15, 0.2) is 11.3 Å². The van der Waals surface area contributed by atoms with Gasteiger partial charge >= 0.3 is 0 Å². The van der Waals surface area contributed by atoms with Crippen molar-refractivity contribution in [2.45, 2.75) is 6.92 Å². The van der Waals surface area contributed by atoms with Gasteiger partial charge in [0.25, 0.3) is 0 Å². The Balaban J connectivity index is 2.29. The maximum absolute atomic E-state index is 12.6. The highest BCUT2D eigenvalue weighted by molar-refractivity contribution is 5.95. The highest BCUT2D eigenvalue weighted by atomic mass is 16.5. The van der Waals surface area contributed by atoms with Crippen molar-refractivity contribution < 1.29 is 19.0 Å². The third kappa shape index (κ3) is 2.61. The van der Waals surface area contributed by atoms with Crippen LogP contribution >= 0.6 is 0 Å². The Morgan fingerprint density at radius 3 is 2.83 bits per heavy atom. The first kappa shape index (κ1) is 15.0. The largest absolute Gasteiger partial charge is 0.507 e. The van der Waals surface area contributed by atoms with Crippen LogP contribution in [-0.2, 0) is 0 Å². The monoisotopic (exact) mass is 312 g/mol. The van der Waals surface area contributed by atoms with E-state index in [1.165, 1.54) is 13.2 Å². The smallest absolute Gasteiger partial charge is 0.204 e. The molecular weight excluding hydrogens is 296 g/mol. The quantitative estimate of drug-likeness (QED) is 0.588. The first-order valence-corrected chi connectivity index (χ1v) is 7.05. The van der Waals surface area contributed by atoms with Crippen LogP contribution in [0.3, 0.4) is 0 Å². The Morgan fingerprint density at radius 2 is 2.13 bits per heavy atom. The lowest BCUT2D eigenvalue weighted by molar-refractivity contribution is 0.350. The number of rotatable bonds is 4. The van der Waals surface area contributed by atoms with Crippen molar-refractivity contribution >= 4 is 21.9 Å². The van der Waals surface area contributed by atoms with Crippen LogP contribution in [-0.4, -0.2) is 18.8 Å². The van der Waals surface area contributed by atoms with Gasteiger partial charge in [-0.3, -0.25) is 4.79 Å². The Bertz CT molecular complexity index is 968. The highest BCUT2D eigenvalue weighted by Crippen LogP contribution is 2.33. The zero-order chi connectivity index (χ0) is 16.6. The lowest BCUT2D eigenvalue weighted by atomic mass is 10.1. The number of benzene rings is 2. The summed E-state index contributed by atoms with van der Waals surface area (Å²) in [6.07, 6.45) is 0. The molecule has 1 N–H and O–H groups in total. The zero-order valence-electron chi connectivity index (χ0n) is 12.9. The summed E-state index contributed by atoms with van der Waals surface area (Å²) in [5.41, 5.74) is 1.10. The highest BCUT2D eigenvalue weighted by Gasteiger charge is 2.15. The SMILES string of the molecule is C=C(C)COc1cc(O)c2c(=O)c3cccc(OC)c3oc2c1. The van der Waals surface area contributed by atoms with Crippen LogP contribution in [0.5, 0.6) is 17.2 Å². The van der Waals surface area contributed by atoms with E-state index in [-0.39, 0.29) is 22.1 Å². The molecule has 3 aromatic rings. The molecule has 5 nitrogen and oxygen atoms in total. The normalized spacial score (nSPS) is 10.9. The molecule has 0 aliphatic heterocycles. The predicted octanol–water partition coefficient (Wildman–Crippen LogP) is 3.62. The summed E-state index contributed by atoms with van der Waals surface area (Å²) in [6.45, 7) is 5.90. The van der Waals surface area contributed by atoms with Gasteiger partial charge in [-0.2, -0.15) is 0 Å². The van der Waals surface area contributed by atoms with E-state index in [9.17, 15) is 9.90 Å². The number of ether oxygens (including phenoxy) is 2. The van der Waals surface area contributed by atoms with E-state index in [0.717, 1.165) is 5.57 Å². The Labute approximate surface area is 132 Å². The second kappa shape index (κ2) is 5.68. The second-order valence-electron chi connectivity index (χ2n) is 5.33. The number of hydrogen-bond acceptors (Lipinski definition) is 5. The summed E-state index contributed by atoms with van der Waals surface area (Å²) in [4.78, 5) is 12.6. The van der Waals surface area contributed by atoms with Gasteiger partial charge in [-0.05, 0) is 24.6 Å². The van der Waals surface area contributed by atoms with Crippen LogP contribution in [0.1, 0.15) is 6.92 Å². The van der Waals surface area contributed by atoms with Crippen LogP contribution in [0.2, 0.25) is 0 Å². The fourth-order valence-corrected chi connectivity index (χ4v) is 2.38. The molecule has 0 aliphatic carbocycles. The minimum absolute atomic E-state index is 0.119. The first-order valence-electron chi connectivity index (χ1n) is 7.05. The number of fused-ring (bicyclic) bond motifs is 2. The molecule has 1 heterocycles. The van der Waals surface area contributed by atoms with Crippen molar-refractivity contribution in [3.05, 3.63) is 52.7 Å². The average molecular weight is 312 g/mol. The molecule has 0 radical (unpaired) electrons. The van der Waals surface area contributed by atoms with Gasteiger partial charge in [0, 0.05) is 12.1 Å². The fourth-order valence-electron chi connectivity index (χ4n) is 2.38. The predicted molar refractivity (Wildman–Crippen MR) is 88.5 cm³/mol. The molecule has 0 fully saturated rings. The van der Waals surface area contributed by atoms with Crippen LogP contribution in [0, 0.1) is 0 Å². The van der Waals surface area contributed by atoms with Crippen molar-refractivity contribution in [1.82, 2.24) is 0 Å². The van der Waals surface area contributed by atoms with Gasteiger partial charge in [-0.15, -0.1) is 0 Å². The summed E-state index contributed by atoms with van der Waals surface area (Å²) < 4.78 is 16.5. The maximum Gasteiger partial charge on any atom is 0.204 e. The standard InChI is InChI=1S/C18H16O5/c1-10(2)9-22-11-7-13(19)16-15(8-11)23-18-12(17(16)20)5-4-6-14(18)21-3/h4-8,19H,1,9H2,2-3H3. The summed E-state index contributed by atoms with van der Waals surface area (Å²) in [5, 5.41) is 10.7. The number of aromatic hydroxyl groups is 1. The Hall–Kier alpha value is -2.95. The Kier molecular flexibility index (Phi) is 3.70. The molecule has 2 aromatic carbocycles. The van der Waals surface area contributed by atoms with Crippen molar-refractivity contribution in [2.24, 2.45) is 0 Å². The molecular formula is C18H16O5. The lowest BCUT2D eigenvalue weighted by Gasteiger charge is -2.10. The first-order chi connectivity index (χ1) is 11.0. The topological polar surface area (TPSA) is 68.9 Å². The minimum Gasteiger partial charge on any atom is -0.507 e. The van der Waals surface area contributed by atoms with Crippen molar-refractivity contribution in [2.75, 3.05) is 13.7 Å². The van der Waals surface area contributed by atoms with E-state index in [2.05, 4.69) is 6.58 Å². The molecule has 0 aliphatic rings. The zero-order valence-corrected chi connectivity index (χ0v) is 12.9. The molecule has 1 aromatic heterocycles. The number of para-hydroxylation sites is 1. The molecule has 3 rings (SSSR count). The van der Waals surface area contributed by atoms with Crippen molar-refractivity contribution in [3.8, 4) is 17.2 Å². The number of phenols is 1. The fraction of sp³-hybridized carbons (Fsp3) is 0.167. The molecule has 118 valence electrons. The molecule has 23 heavy (non-hydrogen) atoms. The molecule has 0 amide bonds. The summed E-state index contributed by atoms with van der Waals surface area (Å²) in [5.74, 6) is 0.669. The second-order valence-corrected chi connectivity index (χ2v) is 5.33. The molecule has 0 saturated carbocycles. The maximum atomic E-state index is 12.6. The number of hydrogen-bond donors (Lipinski definition) is 1. The van der Waals surface area contributed by atoms with Crippen LogP contribution in [0.15, 0.2) is 51.7 Å². The number of methoxy groups -OCH3 is 1. The number of phenolic OH excluding ortho intramolecular Hbond substituents is 1. The van der Waals surface area contributed by atoms with Gasteiger partial charge in [0.2, 0.25) is 5.43 Å². The van der Waals surface area contributed by atoms with Gasteiger partial charge in [0.05, 0.1) is 12.5 Å². The van der Waals surface area contributed by atoms with E-state index < -0.39 is 0 Å². The van der Waals surface area contributed by atoms with E-state index in [1.54, 1.807) is 24.3 Å². The van der Waals surface area contributed by atoms with Crippen LogP contribution < -0.4 is 14.9 Å². The molecule has 0 bridgehead atoms. The third-order valence-corrected chi connectivity index (χ3v) is 3.42. The van der Waals surface area contributed by atoms with Gasteiger partial charge < -0.3 is 19.0 Å². The van der Waals surface area contributed by atoms with Crippen LogP contribution in [0.25, 0.3) is 21.9 Å².